The van der Waals surface area contributed by atoms with Crippen LogP contribution in [-0.2, 0) is 6.54 Å². The van der Waals surface area contributed by atoms with Gasteiger partial charge in [-0.25, -0.2) is 5.43 Å². The lowest BCUT2D eigenvalue weighted by molar-refractivity contribution is 0.0931. The van der Waals surface area contributed by atoms with Crippen molar-refractivity contribution in [2.45, 2.75) is 6.54 Å². The maximum Gasteiger partial charge on any atom is 0.265 e. The summed E-state index contributed by atoms with van der Waals surface area (Å²) in [6.45, 7) is 0.464. The number of hydrogen-bond acceptors (Lipinski definition) is 3. The first-order valence-electron chi connectivity index (χ1n) is 4.97. The van der Waals surface area contributed by atoms with Gasteiger partial charge in [0.1, 0.15) is 5.76 Å². The highest BCUT2D eigenvalue weighted by molar-refractivity contribution is 5.93. The summed E-state index contributed by atoms with van der Waals surface area (Å²) in [4.78, 5) is 11.6. The maximum absolute atomic E-state index is 11.6. The third-order valence-electron chi connectivity index (χ3n) is 2.08. The van der Waals surface area contributed by atoms with Crippen molar-refractivity contribution in [2.75, 3.05) is 0 Å². The molecule has 1 amide bonds. The Labute approximate surface area is 93.2 Å². The van der Waals surface area contributed by atoms with E-state index in [1.807, 2.05) is 24.3 Å². The molecule has 0 fully saturated rings. The summed E-state index contributed by atoms with van der Waals surface area (Å²) >= 11 is 0. The number of carbonyl (C=O) groups is 1. The van der Waals surface area contributed by atoms with E-state index in [2.05, 4.69) is 10.9 Å². The van der Waals surface area contributed by atoms with Gasteiger partial charge in [-0.05, 0) is 24.3 Å². The average Bonchev–Trinajstić information content (AvgIpc) is 2.83. The van der Waals surface area contributed by atoms with Crippen molar-refractivity contribution in [1.82, 2.24) is 10.9 Å². The zero-order chi connectivity index (χ0) is 11.2. The van der Waals surface area contributed by atoms with E-state index in [0.29, 0.717) is 12.1 Å². The van der Waals surface area contributed by atoms with Crippen molar-refractivity contribution < 1.29 is 9.21 Å². The van der Waals surface area contributed by atoms with Gasteiger partial charge in [0.15, 0.2) is 0 Å². The Morgan fingerprint density at radius 3 is 2.62 bits per heavy atom. The van der Waals surface area contributed by atoms with E-state index in [0.717, 1.165) is 5.76 Å². The van der Waals surface area contributed by atoms with E-state index in [9.17, 15) is 4.79 Å². The predicted molar refractivity (Wildman–Crippen MR) is 59.5 cm³/mol. The van der Waals surface area contributed by atoms with Gasteiger partial charge in [-0.2, -0.15) is 0 Å². The summed E-state index contributed by atoms with van der Waals surface area (Å²) in [5, 5.41) is 0. The van der Waals surface area contributed by atoms with Crippen LogP contribution in [0.4, 0.5) is 0 Å². The number of rotatable bonds is 4. The lowest BCUT2D eigenvalue weighted by Gasteiger charge is -2.05. The number of nitrogens with one attached hydrogen (secondary N) is 2. The fourth-order valence-corrected chi connectivity index (χ4v) is 1.29. The summed E-state index contributed by atoms with van der Waals surface area (Å²) in [5.74, 6) is 0.612. The highest BCUT2D eigenvalue weighted by atomic mass is 16.3. The van der Waals surface area contributed by atoms with Gasteiger partial charge in [0, 0.05) is 5.56 Å². The highest BCUT2D eigenvalue weighted by Gasteiger charge is 2.03. The van der Waals surface area contributed by atoms with Crippen LogP contribution in [0.1, 0.15) is 16.1 Å². The van der Waals surface area contributed by atoms with Gasteiger partial charge >= 0.3 is 0 Å². The van der Waals surface area contributed by atoms with Crippen LogP contribution in [-0.4, -0.2) is 5.91 Å². The molecule has 1 aromatic heterocycles. The molecule has 0 aliphatic heterocycles. The number of hydrazine groups is 1. The number of amides is 1. The normalized spacial score (nSPS) is 10.0. The maximum atomic E-state index is 11.6. The monoisotopic (exact) mass is 216 g/mol. The van der Waals surface area contributed by atoms with Gasteiger partial charge in [-0.15, -0.1) is 0 Å². The lowest BCUT2D eigenvalue weighted by atomic mass is 10.2. The molecule has 0 saturated carbocycles. The van der Waals surface area contributed by atoms with Crippen molar-refractivity contribution in [3.8, 4) is 0 Å². The minimum absolute atomic E-state index is 0.160. The summed E-state index contributed by atoms with van der Waals surface area (Å²) in [7, 11) is 0. The van der Waals surface area contributed by atoms with Gasteiger partial charge in [-0.3, -0.25) is 10.2 Å². The molecule has 0 aliphatic carbocycles. The molecule has 0 atom stereocenters. The third-order valence-corrected chi connectivity index (χ3v) is 2.08. The Morgan fingerprint density at radius 1 is 1.12 bits per heavy atom. The summed E-state index contributed by atoms with van der Waals surface area (Å²) < 4.78 is 5.11. The Morgan fingerprint density at radius 2 is 1.94 bits per heavy atom. The van der Waals surface area contributed by atoms with Gasteiger partial charge < -0.3 is 4.42 Å². The first-order valence-corrected chi connectivity index (χ1v) is 4.97. The van der Waals surface area contributed by atoms with Crippen molar-refractivity contribution in [3.05, 3.63) is 60.1 Å². The topological polar surface area (TPSA) is 54.3 Å². The Bertz CT molecular complexity index is 437. The van der Waals surface area contributed by atoms with Crippen LogP contribution in [0.15, 0.2) is 53.1 Å². The molecule has 1 heterocycles. The van der Waals surface area contributed by atoms with E-state index in [1.165, 1.54) is 0 Å². The molecule has 0 radical (unpaired) electrons. The van der Waals surface area contributed by atoms with Crippen LogP contribution in [0.25, 0.3) is 0 Å². The fraction of sp³-hybridized carbons (Fsp3) is 0.0833. The lowest BCUT2D eigenvalue weighted by Crippen LogP contribution is -2.36. The second kappa shape index (κ2) is 5.14. The van der Waals surface area contributed by atoms with Crippen LogP contribution < -0.4 is 10.9 Å². The zero-order valence-electron chi connectivity index (χ0n) is 8.64. The van der Waals surface area contributed by atoms with Crippen LogP contribution >= 0.6 is 0 Å². The molecule has 0 unspecified atom stereocenters. The molecule has 0 spiro atoms. The molecule has 1 aromatic carbocycles. The number of furan rings is 1. The molecule has 2 rings (SSSR count). The molecule has 82 valence electrons. The van der Waals surface area contributed by atoms with Gasteiger partial charge in [0.25, 0.3) is 5.91 Å². The van der Waals surface area contributed by atoms with E-state index in [4.69, 9.17) is 4.42 Å². The van der Waals surface area contributed by atoms with Crippen LogP contribution in [0, 0.1) is 0 Å². The quantitative estimate of drug-likeness (QED) is 0.765. The molecule has 2 aromatic rings. The second-order valence-corrected chi connectivity index (χ2v) is 3.25. The molecule has 2 N–H and O–H groups in total. The van der Waals surface area contributed by atoms with Crippen LogP contribution in [0.3, 0.4) is 0 Å². The molecular weight excluding hydrogens is 204 g/mol. The molecule has 4 nitrogen and oxygen atoms in total. The van der Waals surface area contributed by atoms with E-state index < -0.39 is 0 Å². The van der Waals surface area contributed by atoms with Gasteiger partial charge in [0.05, 0.1) is 12.8 Å². The molecular formula is C12H12N2O2. The van der Waals surface area contributed by atoms with E-state index in [-0.39, 0.29) is 5.91 Å². The van der Waals surface area contributed by atoms with Crippen LogP contribution in [0.5, 0.6) is 0 Å². The second-order valence-electron chi connectivity index (χ2n) is 3.25. The van der Waals surface area contributed by atoms with Gasteiger partial charge in [-0.1, -0.05) is 18.2 Å². The Hall–Kier alpha value is -2.07. The van der Waals surface area contributed by atoms with Crippen molar-refractivity contribution >= 4 is 5.91 Å². The Kier molecular flexibility index (Phi) is 3.35. The van der Waals surface area contributed by atoms with Crippen molar-refractivity contribution in [1.29, 1.82) is 0 Å². The smallest absolute Gasteiger partial charge is 0.265 e. The zero-order valence-corrected chi connectivity index (χ0v) is 8.64. The molecule has 4 heteroatoms. The number of benzene rings is 1. The minimum Gasteiger partial charge on any atom is -0.468 e. The summed E-state index contributed by atoms with van der Waals surface area (Å²) in [6, 6.07) is 12.7. The molecule has 0 bridgehead atoms. The molecule has 16 heavy (non-hydrogen) atoms. The SMILES string of the molecule is O=C(NNCc1ccco1)c1ccccc1. The number of carbonyl (C=O) groups excluding carboxylic acids is 1. The fourth-order valence-electron chi connectivity index (χ4n) is 1.29. The van der Waals surface area contributed by atoms with Crippen LogP contribution in [0.2, 0.25) is 0 Å². The first-order chi connectivity index (χ1) is 7.86. The van der Waals surface area contributed by atoms with E-state index >= 15 is 0 Å². The number of hydrogen-bond donors (Lipinski definition) is 2. The van der Waals surface area contributed by atoms with Crippen molar-refractivity contribution in [3.63, 3.8) is 0 Å². The highest BCUT2D eigenvalue weighted by Crippen LogP contribution is 1.99. The molecule has 0 saturated heterocycles. The predicted octanol–water partition coefficient (Wildman–Crippen LogP) is 1.71. The van der Waals surface area contributed by atoms with Gasteiger partial charge in [0.2, 0.25) is 0 Å². The standard InChI is InChI=1S/C12H12N2O2/c15-12(10-5-2-1-3-6-10)14-13-9-11-7-4-8-16-11/h1-8,13H,9H2,(H,14,15). The summed E-state index contributed by atoms with van der Waals surface area (Å²) in [5.41, 5.74) is 6.00. The minimum atomic E-state index is -0.160. The largest absolute Gasteiger partial charge is 0.468 e. The first kappa shape index (κ1) is 10.4. The van der Waals surface area contributed by atoms with Crippen molar-refractivity contribution in [2.24, 2.45) is 0 Å². The van der Waals surface area contributed by atoms with E-state index in [1.54, 1.807) is 24.5 Å². The molecule has 0 aliphatic rings. The Balaban J connectivity index is 1.81. The summed E-state index contributed by atoms with van der Waals surface area (Å²) in [6.07, 6.45) is 1.59. The average molecular weight is 216 g/mol. The third kappa shape index (κ3) is 2.71.